The lowest BCUT2D eigenvalue weighted by Gasteiger charge is -2.29. The Labute approximate surface area is 114 Å². The van der Waals surface area contributed by atoms with E-state index in [1.54, 1.807) is 0 Å². The van der Waals surface area contributed by atoms with Crippen LogP contribution in [0, 0.1) is 23.7 Å². The standard InChI is InChI=1S/C15H24N2O2/c16-13-10-4-3-9(7-10)12(13)15(18)17-11-5-6-19-14(11)8-1-2-8/h8-14H,1-7,16H2,(H,17,18). The van der Waals surface area contributed by atoms with Crippen molar-refractivity contribution in [3.8, 4) is 0 Å². The molecule has 2 bridgehead atoms. The zero-order chi connectivity index (χ0) is 13.0. The Kier molecular flexibility index (Phi) is 2.85. The molecule has 3 saturated carbocycles. The van der Waals surface area contributed by atoms with Crippen LogP contribution in [0.15, 0.2) is 0 Å². The molecule has 3 aliphatic carbocycles. The maximum Gasteiger partial charge on any atom is 0.225 e. The third-order valence-electron chi connectivity index (χ3n) is 5.83. The van der Waals surface area contributed by atoms with Gasteiger partial charge < -0.3 is 15.8 Å². The van der Waals surface area contributed by atoms with E-state index in [0.29, 0.717) is 17.8 Å². The summed E-state index contributed by atoms with van der Waals surface area (Å²) in [5.41, 5.74) is 6.25. The van der Waals surface area contributed by atoms with Crippen LogP contribution < -0.4 is 11.1 Å². The van der Waals surface area contributed by atoms with E-state index < -0.39 is 0 Å². The lowest BCUT2D eigenvalue weighted by molar-refractivity contribution is -0.128. The highest BCUT2D eigenvalue weighted by molar-refractivity contribution is 5.80. The van der Waals surface area contributed by atoms with Gasteiger partial charge in [-0.2, -0.15) is 0 Å². The molecule has 3 N–H and O–H groups in total. The number of ether oxygens (including phenoxy) is 1. The number of nitrogens with one attached hydrogen (secondary N) is 1. The van der Waals surface area contributed by atoms with Gasteiger partial charge >= 0.3 is 0 Å². The van der Waals surface area contributed by atoms with Crippen LogP contribution in [-0.2, 0) is 9.53 Å². The van der Waals surface area contributed by atoms with Crippen LogP contribution in [0.5, 0.6) is 0 Å². The summed E-state index contributed by atoms with van der Waals surface area (Å²) in [5.74, 6) is 2.11. The molecule has 1 amide bonds. The van der Waals surface area contributed by atoms with Crippen molar-refractivity contribution in [3.05, 3.63) is 0 Å². The molecule has 0 aromatic rings. The number of carbonyl (C=O) groups excluding carboxylic acids is 1. The van der Waals surface area contributed by atoms with Crippen LogP contribution in [-0.4, -0.2) is 30.7 Å². The predicted octanol–water partition coefficient (Wildman–Crippen LogP) is 1.04. The minimum absolute atomic E-state index is 0.0687. The Morgan fingerprint density at radius 2 is 1.79 bits per heavy atom. The Morgan fingerprint density at radius 1 is 1.05 bits per heavy atom. The number of hydrogen-bond acceptors (Lipinski definition) is 3. The largest absolute Gasteiger partial charge is 0.376 e. The molecule has 1 heterocycles. The van der Waals surface area contributed by atoms with E-state index in [0.717, 1.165) is 13.0 Å². The summed E-state index contributed by atoms with van der Waals surface area (Å²) < 4.78 is 5.80. The predicted molar refractivity (Wildman–Crippen MR) is 71.3 cm³/mol. The molecule has 4 nitrogen and oxygen atoms in total. The molecule has 1 aliphatic heterocycles. The molecule has 6 unspecified atom stereocenters. The first-order chi connectivity index (χ1) is 9.24. The van der Waals surface area contributed by atoms with Crippen LogP contribution in [0.3, 0.4) is 0 Å². The molecule has 4 aliphatic rings. The first-order valence-electron chi connectivity index (χ1n) is 7.91. The van der Waals surface area contributed by atoms with Crippen LogP contribution in [0.25, 0.3) is 0 Å². The van der Waals surface area contributed by atoms with Crippen LogP contribution in [0.2, 0.25) is 0 Å². The number of hydrogen-bond donors (Lipinski definition) is 2. The Hall–Kier alpha value is -0.610. The van der Waals surface area contributed by atoms with Gasteiger partial charge in [0.25, 0.3) is 0 Å². The summed E-state index contributed by atoms with van der Waals surface area (Å²) in [6.45, 7) is 0.800. The second-order valence-corrected chi connectivity index (χ2v) is 7.01. The van der Waals surface area contributed by atoms with Crippen molar-refractivity contribution in [2.45, 2.75) is 56.7 Å². The van der Waals surface area contributed by atoms with Crippen molar-refractivity contribution in [2.75, 3.05) is 6.61 Å². The van der Waals surface area contributed by atoms with E-state index in [-0.39, 0.29) is 30.0 Å². The summed E-state index contributed by atoms with van der Waals surface area (Å²) in [7, 11) is 0. The second-order valence-electron chi connectivity index (χ2n) is 7.01. The summed E-state index contributed by atoms with van der Waals surface area (Å²) in [4.78, 5) is 12.5. The number of amides is 1. The van der Waals surface area contributed by atoms with Crippen molar-refractivity contribution in [1.82, 2.24) is 5.32 Å². The van der Waals surface area contributed by atoms with Crippen LogP contribution in [0.1, 0.15) is 38.5 Å². The Morgan fingerprint density at radius 3 is 2.47 bits per heavy atom. The summed E-state index contributed by atoms with van der Waals surface area (Å²) in [5, 5.41) is 3.26. The fourth-order valence-corrected chi connectivity index (χ4v) is 4.66. The highest BCUT2D eigenvalue weighted by Gasteiger charge is 2.50. The summed E-state index contributed by atoms with van der Waals surface area (Å²) in [6.07, 6.45) is 7.39. The van der Waals surface area contributed by atoms with Gasteiger partial charge in [0.15, 0.2) is 0 Å². The maximum absolute atomic E-state index is 12.5. The highest BCUT2D eigenvalue weighted by Crippen LogP contribution is 2.48. The van der Waals surface area contributed by atoms with Gasteiger partial charge in [0.05, 0.1) is 18.1 Å². The number of nitrogens with two attached hydrogens (primary N) is 1. The average Bonchev–Trinajstić information content (AvgIpc) is 2.85. The van der Waals surface area contributed by atoms with Gasteiger partial charge in [0.2, 0.25) is 5.91 Å². The number of carbonyl (C=O) groups is 1. The molecule has 0 radical (unpaired) electrons. The van der Waals surface area contributed by atoms with E-state index in [9.17, 15) is 4.79 Å². The quantitative estimate of drug-likeness (QED) is 0.800. The molecule has 0 aromatic heterocycles. The third kappa shape index (κ3) is 2.00. The van der Waals surface area contributed by atoms with Crippen molar-refractivity contribution in [1.29, 1.82) is 0 Å². The molecule has 19 heavy (non-hydrogen) atoms. The molecule has 4 rings (SSSR count). The average molecular weight is 264 g/mol. The summed E-state index contributed by atoms with van der Waals surface area (Å²) in [6, 6.07) is 0.340. The zero-order valence-electron chi connectivity index (χ0n) is 11.4. The Bertz CT molecular complexity index is 380. The minimum Gasteiger partial charge on any atom is -0.376 e. The monoisotopic (exact) mass is 264 g/mol. The van der Waals surface area contributed by atoms with Crippen molar-refractivity contribution in [2.24, 2.45) is 29.4 Å². The van der Waals surface area contributed by atoms with Crippen molar-refractivity contribution >= 4 is 5.91 Å². The van der Waals surface area contributed by atoms with Crippen molar-refractivity contribution < 1.29 is 9.53 Å². The highest BCUT2D eigenvalue weighted by atomic mass is 16.5. The molecule has 4 fully saturated rings. The second kappa shape index (κ2) is 4.45. The SMILES string of the molecule is NC1C2CCC(C2)C1C(=O)NC1CCOC1C1CC1. The van der Waals surface area contributed by atoms with Gasteiger partial charge in [0, 0.05) is 12.6 Å². The smallest absolute Gasteiger partial charge is 0.225 e. The van der Waals surface area contributed by atoms with Gasteiger partial charge in [-0.15, -0.1) is 0 Å². The lowest BCUT2D eigenvalue weighted by atomic mass is 9.84. The normalized spacial score (nSPS) is 48.7. The maximum atomic E-state index is 12.5. The molecule has 0 spiro atoms. The van der Waals surface area contributed by atoms with E-state index in [2.05, 4.69) is 5.32 Å². The molecule has 106 valence electrons. The van der Waals surface area contributed by atoms with Gasteiger partial charge in [-0.1, -0.05) is 0 Å². The van der Waals surface area contributed by atoms with E-state index >= 15 is 0 Å². The van der Waals surface area contributed by atoms with Gasteiger partial charge in [-0.25, -0.2) is 0 Å². The molecule has 6 atom stereocenters. The van der Waals surface area contributed by atoms with Gasteiger partial charge in [0.1, 0.15) is 0 Å². The fraction of sp³-hybridized carbons (Fsp3) is 0.933. The zero-order valence-corrected chi connectivity index (χ0v) is 11.4. The van der Waals surface area contributed by atoms with Crippen molar-refractivity contribution in [3.63, 3.8) is 0 Å². The number of rotatable bonds is 3. The minimum atomic E-state index is 0.0687. The summed E-state index contributed by atoms with van der Waals surface area (Å²) >= 11 is 0. The molecule has 1 saturated heterocycles. The Balaban J connectivity index is 1.41. The molecular formula is C15H24N2O2. The topological polar surface area (TPSA) is 64.4 Å². The van der Waals surface area contributed by atoms with Crippen LogP contribution >= 0.6 is 0 Å². The lowest BCUT2D eigenvalue weighted by Crippen LogP contribution is -2.50. The van der Waals surface area contributed by atoms with Gasteiger partial charge in [-0.3, -0.25) is 4.79 Å². The molecule has 0 aromatic carbocycles. The molecular weight excluding hydrogens is 240 g/mol. The molecule has 4 heteroatoms. The van der Waals surface area contributed by atoms with E-state index in [4.69, 9.17) is 10.5 Å². The number of fused-ring (bicyclic) bond motifs is 2. The fourth-order valence-electron chi connectivity index (χ4n) is 4.66. The first-order valence-corrected chi connectivity index (χ1v) is 7.91. The van der Waals surface area contributed by atoms with Gasteiger partial charge in [-0.05, 0) is 56.3 Å². The van der Waals surface area contributed by atoms with E-state index in [1.807, 2.05) is 0 Å². The third-order valence-corrected chi connectivity index (χ3v) is 5.83. The first kappa shape index (κ1) is 12.2. The van der Waals surface area contributed by atoms with E-state index in [1.165, 1.54) is 32.1 Å². The van der Waals surface area contributed by atoms with Crippen LogP contribution in [0.4, 0.5) is 0 Å².